The van der Waals surface area contributed by atoms with Gasteiger partial charge in [-0.25, -0.2) is 0 Å². The number of hydrogen-bond acceptors (Lipinski definition) is 7. The van der Waals surface area contributed by atoms with Crippen LogP contribution in [0.1, 0.15) is 51.9 Å². The fraction of sp³-hybridized carbons (Fsp3) is 0.789. The summed E-state index contributed by atoms with van der Waals surface area (Å²) in [6, 6.07) is -1.01. The first-order valence-electron chi connectivity index (χ1n) is 10.4. The van der Waals surface area contributed by atoms with Crippen molar-refractivity contribution in [3.05, 3.63) is 10.1 Å². The molecule has 7 atom stereocenters. The van der Waals surface area contributed by atoms with Crippen molar-refractivity contribution in [1.29, 1.82) is 0 Å². The van der Waals surface area contributed by atoms with Gasteiger partial charge in [0.2, 0.25) is 17.9 Å². The Morgan fingerprint density at radius 1 is 0.903 bits per heavy atom. The molecule has 2 saturated carbocycles. The van der Waals surface area contributed by atoms with Crippen molar-refractivity contribution in [1.82, 2.24) is 10.6 Å². The van der Waals surface area contributed by atoms with E-state index in [-0.39, 0.29) is 38.5 Å². The molecule has 2 aliphatic rings. The van der Waals surface area contributed by atoms with Gasteiger partial charge in [-0.3, -0.25) is 29.3 Å². The minimum Gasteiger partial charge on any atom is -0.481 e. The molecule has 31 heavy (non-hydrogen) atoms. The largest absolute Gasteiger partial charge is 0.481 e. The van der Waals surface area contributed by atoms with E-state index in [9.17, 15) is 44.6 Å². The zero-order chi connectivity index (χ0) is 23.3. The maximum atomic E-state index is 12.7. The molecule has 2 amide bonds. The molecule has 0 aromatic heterocycles. The number of aliphatic hydroxyl groups excluding tert-OH is 1. The maximum Gasteiger partial charge on any atom is 0.307 e. The van der Waals surface area contributed by atoms with Crippen molar-refractivity contribution in [2.75, 3.05) is 0 Å². The number of rotatable bonds is 8. The van der Waals surface area contributed by atoms with Crippen LogP contribution in [0.3, 0.4) is 0 Å². The Morgan fingerprint density at radius 2 is 1.39 bits per heavy atom. The average Bonchev–Trinajstić information content (AvgIpc) is 2.72. The van der Waals surface area contributed by atoms with Crippen LogP contribution in [0.15, 0.2) is 0 Å². The SMILES string of the molecule is CCC(NC(=O)C1CCC(O)CC1C(=O)O)NC(=O)C1CCC([N+](=O)[O-])CC1C(=O)O. The number of nitrogens with zero attached hydrogens (tertiary/aromatic N) is 1. The first-order chi connectivity index (χ1) is 14.5. The standard InChI is InChI=1S/C19H29N3O9/c1-2-15(21-17(25)12-6-4-10(23)8-14(12)19(28)29)20-16(24)11-5-3-9(22(30)31)7-13(11)18(26)27/h9-15,23H,2-8H2,1H3,(H,20,24)(H,21,25)(H,26,27)(H,28,29). The smallest absolute Gasteiger partial charge is 0.307 e. The van der Waals surface area contributed by atoms with Crippen LogP contribution in [-0.4, -0.2) is 62.3 Å². The van der Waals surface area contributed by atoms with Gasteiger partial charge in [0, 0.05) is 17.8 Å². The Labute approximate surface area is 178 Å². The number of carboxylic acids is 2. The molecule has 12 heteroatoms. The van der Waals surface area contributed by atoms with Crippen LogP contribution in [0.4, 0.5) is 0 Å². The quantitative estimate of drug-likeness (QED) is 0.194. The lowest BCUT2D eigenvalue weighted by Crippen LogP contribution is -2.54. The lowest BCUT2D eigenvalue weighted by Gasteiger charge is -2.33. The molecule has 0 bridgehead atoms. The highest BCUT2D eigenvalue weighted by Gasteiger charge is 2.44. The van der Waals surface area contributed by atoms with Crippen molar-refractivity contribution in [3.8, 4) is 0 Å². The first kappa shape index (κ1) is 24.5. The summed E-state index contributed by atoms with van der Waals surface area (Å²) >= 11 is 0. The van der Waals surface area contributed by atoms with Gasteiger partial charge in [0.15, 0.2) is 0 Å². The summed E-state index contributed by atoms with van der Waals surface area (Å²) in [6.07, 6.45) is -1.01. The molecule has 7 unspecified atom stereocenters. The van der Waals surface area contributed by atoms with Crippen LogP contribution < -0.4 is 10.6 Å². The molecule has 5 N–H and O–H groups in total. The number of nitro groups is 1. The summed E-state index contributed by atoms with van der Waals surface area (Å²) in [5.74, 6) is -7.69. The van der Waals surface area contributed by atoms with Crippen LogP contribution >= 0.6 is 0 Å². The predicted molar refractivity (Wildman–Crippen MR) is 104 cm³/mol. The van der Waals surface area contributed by atoms with Gasteiger partial charge in [0.05, 0.1) is 29.8 Å². The molecular weight excluding hydrogens is 414 g/mol. The zero-order valence-electron chi connectivity index (χ0n) is 17.2. The normalized spacial score (nSPS) is 31.8. The highest BCUT2D eigenvalue weighted by molar-refractivity contribution is 5.87. The molecule has 0 spiro atoms. The van der Waals surface area contributed by atoms with Crippen molar-refractivity contribution in [2.24, 2.45) is 23.7 Å². The Kier molecular flexibility index (Phi) is 8.31. The summed E-state index contributed by atoms with van der Waals surface area (Å²) in [5, 5.41) is 44.7. The molecule has 2 rings (SSSR count). The molecule has 2 fully saturated rings. The number of amides is 2. The second kappa shape index (κ2) is 10.5. The second-order valence-corrected chi connectivity index (χ2v) is 8.30. The average molecular weight is 443 g/mol. The lowest BCUT2D eigenvalue weighted by molar-refractivity contribution is -0.528. The van der Waals surface area contributed by atoms with Crippen molar-refractivity contribution in [2.45, 2.75) is 70.2 Å². The monoisotopic (exact) mass is 443 g/mol. The molecule has 0 radical (unpaired) electrons. The van der Waals surface area contributed by atoms with Gasteiger partial charge < -0.3 is 26.0 Å². The van der Waals surface area contributed by atoms with Crippen molar-refractivity contribution < 1.29 is 39.4 Å². The van der Waals surface area contributed by atoms with Crippen LogP contribution in [0.25, 0.3) is 0 Å². The fourth-order valence-electron chi connectivity index (χ4n) is 4.46. The van der Waals surface area contributed by atoms with Gasteiger partial charge in [-0.15, -0.1) is 0 Å². The molecule has 174 valence electrons. The predicted octanol–water partition coefficient (Wildman–Crippen LogP) is -0.0371. The van der Waals surface area contributed by atoms with E-state index in [1.807, 2.05) is 0 Å². The third-order valence-corrected chi connectivity index (χ3v) is 6.29. The molecule has 2 aliphatic carbocycles. The third-order valence-electron chi connectivity index (χ3n) is 6.29. The van der Waals surface area contributed by atoms with Gasteiger partial charge in [0.1, 0.15) is 6.17 Å². The lowest BCUT2D eigenvalue weighted by atomic mass is 9.76. The van der Waals surface area contributed by atoms with Crippen LogP contribution in [0, 0.1) is 33.8 Å². The molecule has 0 aromatic carbocycles. The van der Waals surface area contributed by atoms with Gasteiger partial charge in [-0.1, -0.05) is 6.92 Å². The van der Waals surface area contributed by atoms with E-state index >= 15 is 0 Å². The van der Waals surface area contributed by atoms with Crippen molar-refractivity contribution >= 4 is 23.8 Å². The minimum absolute atomic E-state index is 0.0312. The number of nitrogens with one attached hydrogen (secondary N) is 2. The number of carbonyl (C=O) groups excluding carboxylic acids is 2. The van der Waals surface area contributed by atoms with Gasteiger partial charge in [0.25, 0.3) is 0 Å². The van der Waals surface area contributed by atoms with E-state index in [0.717, 1.165) is 0 Å². The van der Waals surface area contributed by atoms with E-state index in [1.54, 1.807) is 6.92 Å². The van der Waals surface area contributed by atoms with E-state index in [4.69, 9.17) is 0 Å². The fourth-order valence-corrected chi connectivity index (χ4v) is 4.46. The molecular formula is C19H29N3O9. The number of hydrogen-bond donors (Lipinski definition) is 5. The molecule has 12 nitrogen and oxygen atoms in total. The van der Waals surface area contributed by atoms with Gasteiger partial charge >= 0.3 is 11.9 Å². The topological polar surface area (TPSA) is 196 Å². The molecule has 0 aromatic rings. The van der Waals surface area contributed by atoms with E-state index in [1.165, 1.54) is 0 Å². The van der Waals surface area contributed by atoms with Gasteiger partial charge in [-0.05, 0) is 32.1 Å². The number of aliphatic carboxylic acids is 2. The maximum absolute atomic E-state index is 12.7. The Morgan fingerprint density at radius 3 is 1.84 bits per heavy atom. The zero-order valence-corrected chi connectivity index (χ0v) is 17.2. The van der Waals surface area contributed by atoms with Gasteiger partial charge in [-0.2, -0.15) is 0 Å². The molecule has 0 aliphatic heterocycles. The van der Waals surface area contributed by atoms with Crippen LogP contribution in [0.2, 0.25) is 0 Å². The summed E-state index contributed by atoms with van der Waals surface area (Å²) in [4.78, 5) is 58.9. The third kappa shape index (κ3) is 6.12. The summed E-state index contributed by atoms with van der Waals surface area (Å²) in [6.45, 7) is 1.68. The first-order valence-corrected chi connectivity index (χ1v) is 10.4. The Hall–Kier alpha value is -2.76. The van der Waals surface area contributed by atoms with E-state index in [2.05, 4.69) is 10.6 Å². The highest BCUT2D eigenvalue weighted by atomic mass is 16.6. The molecule has 0 saturated heterocycles. The highest BCUT2D eigenvalue weighted by Crippen LogP contribution is 2.33. The Bertz CT molecular complexity index is 728. The number of carbonyl (C=O) groups is 4. The summed E-state index contributed by atoms with van der Waals surface area (Å²) < 4.78 is 0. The number of aliphatic hydroxyl groups is 1. The van der Waals surface area contributed by atoms with E-state index in [0.29, 0.717) is 6.42 Å². The van der Waals surface area contributed by atoms with Crippen molar-refractivity contribution in [3.63, 3.8) is 0 Å². The Balaban J connectivity index is 2.02. The molecule has 0 heterocycles. The number of carboxylic acid groups (broad SMARTS) is 2. The summed E-state index contributed by atoms with van der Waals surface area (Å²) in [5.41, 5.74) is 0. The van der Waals surface area contributed by atoms with Crippen LogP contribution in [-0.2, 0) is 19.2 Å². The second-order valence-electron chi connectivity index (χ2n) is 8.30. The van der Waals surface area contributed by atoms with Crippen LogP contribution in [0.5, 0.6) is 0 Å². The van der Waals surface area contributed by atoms with E-state index < -0.39 is 70.7 Å². The summed E-state index contributed by atoms with van der Waals surface area (Å²) in [7, 11) is 0. The minimum atomic E-state index is -1.28.